The van der Waals surface area contributed by atoms with Gasteiger partial charge in [-0.05, 0) is 42.7 Å². The van der Waals surface area contributed by atoms with E-state index in [-0.39, 0.29) is 0 Å². The van der Waals surface area contributed by atoms with Crippen LogP contribution in [0.25, 0.3) is 10.7 Å². The van der Waals surface area contributed by atoms with Gasteiger partial charge in [-0.3, -0.25) is 4.98 Å². The number of rotatable bonds is 4. The van der Waals surface area contributed by atoms with E-state index in [4.69, 9.17) is 4.74 Å². The van der Waals surface area contributed by atoms with Gasteiger partial charge in [0.2, 0.25) is 5.13 Å². The summed E-state index contributed by atoms with van der Waals surface area (Å²) in [6, 6.07) is 14.5. The minimum absolute atomic E-state index is 0.324. The van der Waals surface area contributed by atoms with Gasteiger partial charge in [0, 0.05) is 12.7 Å². The molecule has 0 radical (unpaired) electrons. The van der Waals surface area contributed by atoms with Crippen LogP contribution in [-0.4, -0.2) is 28.8 Å². The molecule has 24 heavy (non-hydrogen) atoms. The lowest BCUT2D eigenvalue weighted by Crippen LogP contribution is -2.22. The van der Waals surface area contributed by atoms with Crippen molar-refractivity contribution in [2.75, 3.05) is 18.6 Å². The van der Waals surface area contributed by atoms with E-state index in [0.717, 1.165) is 41.0 Å². The highest BCUT2D eigenvalue weighted by atomic mass is 32.1. The number of aromatic nitrogens is 3. The molecule has 1 saturated heterocycles. The summed E-state index contributed by atoms with van der Waals surface area (Å²) in [6.45, 7) is 0.999. The molecule has 3 heterocycles. The average Bonchev–Trinajstić information content (AvgIpc) is 3.31. The third kappa shape index (κ3) is 2.85. The molecule has 0 spiro atoms. The third-order valence-corrected chi connectivity index (χ3v) is 5.26. The van der Waals surface area contributed by atoms with Gasteiger partial charge in [0.25, 0.3) is 0 Å². The zero-order valence-corrected chi connectivity index (χ0v) is 14.2. The molecule has 0 saturated carbocycles. The lowest BCUT2D eigenvalue weighted by molar-refractivity contribution is 0.414. The maximum Gasteiger partial charge on any atom is 0.209 e. The van der Waals surface area contributed by atoms with Crippen molar-refractivity contribution in [2.45, 2.75) is 18.9 Å². The van der Waals surface area contributed by atoms with Crippen LogP contribution >= 0.6 is 11.3 Å². The predicted molar refractivity (Wildman–Crippen MR) is 95.5 cm³/mol. The van der Waals surface area contributed by atoms with E-state index in [0.29, 0.717) is 6.04 Å². The fourth-order valence-electron chi connectivity index (χ4n) is 3.12. The monoisotopic (exact) mass is 338 g/mol. The molecular formula is C18H18N4OS. The van der Waals surface area contributed by atoms with Gasteiger partial charge in [0.15, 0.2) is 5.01 Å². The third-order valence-electron chi connectivity index (χ3n) is 4.28. The Hall–Kier alpha value is -2.47. The molecule has 3 aromatic rings. The fraction of sp³-hybridized carbons (Fsp3) is 0.278. The van der Waals surface area contributed by atoms with E-state index in [1.54, 1.807) is 24.6 Å². The first-order valence-corrected chi connectivity index (χ1v) is 8.82. The van der Waals surface area contributed by atoms with E-state index in [9.17, 15) is 0 Å². The summed E-state index contributed by atoms with van der Waals surface area (Å²) in [6.07, 6.45) is 4.05. The maximum absolute atomic E-state index is 5.37. The molecule has 1 atom stereocenters. The van der Waals surface area contributed by atoms with Crippen LogP contribution in [0.3, 0.4) is 0 Å². The van der Waals surface area contributed by atoms with Crippen molar-refractivity contribution < 1.29 is 4.74 Å². The lowest BCUT2D eigenvalue weighted by atomic mass is 10.0. The first-order chi connectivity index (χ1) is 11.8. The average molecular weight is 338 g/mol. The van der Waals surface area contributed by atoms with Gasteiger partial charge in [-0.1, -0.05) is 29.5 Å². The molecule has 5 nitrogen and oxygen atoms in total. The highest BCUT2D eigenvalue weighted by Gasteiger charge is 2.29. The van der Waals surface area contributed by atoms with Crippen LogP contribution in [0.1, 0.15) is 24.4 Å². The number of ether oxygens (including phenoxy) is 1. The van der Waals surface area contributed by atoms with E-state index >= 15 is 0 Å². The van der Waals surface area contributed by atoms with Crippen molar-refractivity contribution in [2.24, 2.45) is 0 Å². The van der Waals surface area contributed by atoms with E-state index in [2.05, 4.69) is 32.2 Å². The minimum atomic E-state index is 0.324. The topological polar surface area (TPSA) is 51.1 Å². The Balaban J connectivity index is 1.62. The van der Waals surface area contributed by atoms with Gasteiger partial charge in [-0.2, -0.15) is 0 Å². The Kier molecular flexibility index (Phi) is 4.13. The molecule has 1 aliphatic rings. The molecule has 4 rings (SSSR count). The number of anilines is 1. The van der Waals surface area contributed by atoms with Crippen molar-refractivity contribution in [3.8, 4) is 16.5 Å². The van der Waals surface area contributed by atoms with E-state index in [1.807, 2.05) is 30.3 Å². The normalized spacial score (nSPS) is 17.2. The summed E-state index contributed by atoms with van der Waals surface area (Å²) in [5.74, 6) is 0.894. The number of benzene rings is 1. The van der Waals surface area contributed by atoms with Crippen LogP contribution in [0.15, 0.2) is 48.7 Å². The van der Waals surface area contributed by atoms with Gasteiger partial charge in [-0.25, -0.2) is 0 Å². The molecule has 0 bridgehead atoms. The van der Waals surface area contributed by atoms with Gasteiger partial charge < -0.3 is 9.64 Å². The van der Waals surface area contributed by atoms with E-state index in [1.165, 1.54) is 5.56 Å². The molecule has 2 aromatic heterocycles. The quantitative estimate of drug-likeness (QED) is 0.721. The predicted octanol–water partition coefficient (Wildman–Crippen LogP) is 3.95. The number of hydrogen-bond donors (Lipinski definition) is 0. The maximum atomic E-state index is 5.37. The van der Waals surface area contributed by atoms with Crippen LogP contribution in [0, 0.1) is 0 Å². The number of nitrogens with zero attached hydrogens (tertiary/aromatic N) is 4. The van der Waals surface area contributed by atoms with Crippen molar-refractivity contribution >= 4 is 16.5 Å². The van der Waals surface area contributed by atoms with Crippen LogP contribution < -0.4 is 9.64 Å². The smallest absolute Gasteiger partial charge is 0.209 e. The molecule has 6 heteroatoms. The second-order valence-electron chi connectivity index (χ2n) is 5.73. The Morgan fingerprint density at radius 3 is 2.96 bits per heavy atom. The Labute approximate surface area is 145 Å². The summed E-state index contributed by atoms with van der Waals surface area (Å²) in [4.78, 5) is 6.71. The summed E-state index contributed by atoms with van der Waals surface area (Å²) in [7, 11) is 1.70. The first kappa shape index (κ1) is 15.1. The number of pyridine rings is 1. The SMILES string of the molecule is COc1cccc(C2CCCN2c2nnc(-c3ccccn3)s2)c1. The molecule has 0 aliphatic carbocycles. The van der Waals surface area contributed by atoms with Gasteiger partial charge in [-0.15, -0.1) is 10.2 Å². The Bertz CT molecular complexity index is 821. The lowest BCUT2D eigenvalue weighted by Gasteiger charge is -2.24. The van der Waals surface area contributed by atoms with Crippen molar-refractivity contribution in [1.29, 1.82) is 0 Å². The number of hydrogen-bond acceptors (Lipinski definition) is 6. The van der Waals surface area contributed by atoms with Crippen LogP contribution in [0.5, 0.6) is 5.75 Å². The highest BCUT2D eigenvalue weighted by molar-refractivity contribution is 7.18. The van der Waals surface area contributed by atoms with Crippen LogP contribution in [0.2, 0.25) is 0 Å². The summed E-state index contributed by atoms with van der Waals surface area (Å²) in [5, 5.41) is 10.6. The summed E-state index contributed by atoms with van der Waals surface area (Å²) < 4.78 is 5.37. The second-order valence-corrected chi connectivity index (χ2v) is 6.69. The van der Waals surface area contributed by atoms with E-state index < -0.39 is 0 Å². The van der Waals surface area contributed by atoms with Crippen molar-refractivity contribution in [3.05, 3.63) is 54.2 Å². The van der Waals surface area contributed by atoms with Gasteiger partial charge in [0.05, 0.1) is 13.2 Å². The molecule has 1 unspecified atom stereocenters. The fourth-order valence-corrected chi connectivity index (χ4v) is 4.01. The minimum Gasteiger partial charge on any atom is -0.497 e. The second kappa shape index (κ2) is 6.57. The molecule has 1 fully saturated rings. The summed E-state index contributed by atoms with van der Waals surface area (Å²) >= 11 is 1.60. The van der Waals surface area contributed by atoms with Crippen molar-refractivity contribution in [1.82, 2.24) is 15.2 Å². The molecule has 0 amide bonds. The molecule has 122 valence electrons. The van der Waals surface area contributed by atoms with Crippen LogP contribution in [0.4, 0.5) is 5.13 Å². The Morgan fingerprint density at radius 2 is 2.12 bits per heavy atom. The van der Waals surface area contributed by atoms with Crippen LogP contribution in [-0.2, 0) is 0 Å². The van der Waals surface area contributed by atoms with Gasteiger partial charge >= 0.3 is 0 Å². The Morgan fingerprint density at radius 1 is 1.17 bits per heavy atom. The van der Waals surface area contributed by atoms with Crippen molar-refractivity contribution in [3.63, 3.8) is 0 Å². The molecule has 1 aliphatic heterocycles. The molecule has 1 aromatic carbocycles. The largest absolute Gasteiger partial charge is 0.497 e. The first-order valence-electron chi connectivity index (χ1n) is 8.00. The number of methoxy groups -OCH3 is 1. The molecule has 0 N–H and O–H groups in total. The molecular weight excluding hydrogens is 320 g/mol. The summed E-state index contributed by atoms with van der Waals surface area (Å²) in [5.41, 5.74) is 2.14. The zero-order chi connectivity index (χ0) is 16.4. The highest BCUT2D eigenvalue weighted by Crippen LogP contribution is 2.39. The zero-order valence-electron chi connectivity index (χ0n) is 13.4. The standard InChI is InChI=1S/C18H18N4OS/c1-23-14-7-4-6-13(12-14)16-9-5-11-22(16)18-21-20-17(24-18)15-8-2-3-10-19-15/h2-4,6-8,10,12,16H,5,9,11H2,1H3. The van der Waals surface area contributed by atoms with Gasteiger partial charge in [0.1, 0.15) is 11.4 Å².